The molecule has 0 saturated carbocycles. The van der Waals surface area contributed by atoms with E-state index in [1.807, 2.05) is 25.1 Å². The Morgan fingerprint density at radius 3 is 2.38 bits per heavy atom. The molecule has 0 radical (unpaired) electrons. The summed E-state index contributed by atoms with van der Waals surface area (Å²) in [5.74, 6) is 0.578. The highest BCUT2D eigenvalue weighted by atomic mass is 35.5. The van der Waals surface area contributed by atoms with Crippen LogP contribution in [0.2, 0.25) is 5.02 Å². The quantitative estimate of drug-likeness (QED) is 0.643. The molecule has 0 amide bonds. The normalized spacial score (nSPS) is 10.5. The molecule has 0 bridgehead atoms. The number of benzene rings is 2. The van der Waals surface area contributed by atoms with Gasteiger partial charge in [-0.25, -0.2) is 14.4 Å². The maximum absolute atomic E-state index is 13.0. The lowest BCUT2D eigenvalue weighted by atomic mass is 10.2. The summed E-state index contributed by atoms with van der Waals surface area (Å²) in [5, 5.41) is 6.85. The highest BCUT2D eigenvalue weighted by Gasteiger charge is 2.10. The van der Waals surface area contributed by atoms with Gasteiger partial charge in [-0.3, -0.25) is 0 Å². The van der Waals surface area contributed by atoms with Crippen molar-refractivity contribution in [2.75, 3.05) is 16.4 Å². The Hall–Kier alpha value is -2.86. The predicted octanol–water partition coefficient (Wildman–Crippen LogP) is 4.65. The zero-order chi connectivity index (χ0) is 17.1. The second kappa shape index (κ2) is 6.72. The number of rotatable bonds is 4. The molecule has 2 aromatic carbocycles. The zero-order valence-electron chi connectivity index (χ0n) is 12.8. The molecule has 1 heterocycles. The fourth-order valence-corrected chi connectivity index (χ4v) is 2.31. The van der Waals surface area contributed by atoms with Crippen molar-refractivity contribution in [2.24, 2.45) is 0 Å². The second-order valence-corrected chi connectivity index (χ2v) is 5.56. The summed E-state index contributed by atoms with van der Waals surface area (Å²) in [7, 11) is 0. The van der Waals surface area contributed by atoms with Crippen molar-refractivity contribution in [3.05, 3.63) is 65.2 Å². The minimum absolute atomic E-state index is 0.310. The number of nitrogens with one attached hydrogen (secondary N) is 2. The first-order valence-corrected chi connectivity index (χ1v) is 7.57. The summed E-state index contributed by atoms with van der Waals surface area (Å²) in [6.45, 7) is 1.90. The van der Waals surface area contributed by atoms with Crippen LogP contribution in [-0.2, 0) is 0 Å². The second-order valence-electron chi connectivity index (χ2n) is 5.15. The first-order valence-electron chi connectivity index (χ1n) is 7.20. The summed E-state index contributed by atoms with van der Waals surface area (Å²) >= 11 is 6.12. The van der Waals surface area contributed by atoms with Gasteiger partial charge in [0.1, 0.15) is 17.8 Å². The average molecular weight is 344 g/mol. The SMILES string of the molecule is Cc1c(Cl)cccc1Nc1ncnc(Nc2ccc(F)cc2)c1N. The molecule has 24 heavy (non-hydrogen) atoms. The van der Waals surface area contributed by atoms with Crippen LogP contribution < -0.4 is 16.4 Å². The van der Waals surface area contributed by atoms with Gasteiger partial charge in [0.25, 0.3) is 0 Å². The van der Waals surface area contributed by atoms with Crippen LogP contribution in [0.1, 0.15) is 5.56 Å². The Labute approximate surface area is 143 Å². The van der Waals surface area contributed by atoms with E-state index < -0.39 is 0 Å². The number of anilines is 5. The van der Waals surface area contributed by atoms with Crippen molar-refractivity contribution < 1.29 is 4.39 Å². The standard InChI is InChI=1S/C17H15ClFN5/c1-10-13(18)3-2-4-14(10)24-17-15(20)16(21-9-22-17)23-12-7-5-11(19)6-8-12/h2-9H,20H2,1H3,(H2,21,22,23,24). The first-order chi connectivity index (χ1) is 11.5. The Balaban J connectivity index is 1.88. The minimum atomic E-state index is -0.310. The third-order valence-electron chi connectivity index (χ3n) is 3.51. The number of hydrogen-bond acceptors (Lipinski definition) is 5. The maximum atomic E-state index is 13.0. The van der Waals surface area contributed by atoms with Crippen LogP contribution in [0.4, 0.5) is 33.1 Å². The number of halogens is 2. The van der Waals surface area contributed by atoms with E-state index in [0.717, 1.165) is 11.3 Å². The van der Waals surface area contributed by atoms with Crippen LogP contribution in [0.15, 0.2) is 48.8 Å². The molecule has 0 aliphatic carbocycles. The van der Waals surface area contributed by atoms with E-state index in [9.17, 15) is 4.39 Å². The third kappa shape index (κ3) is 3.38. The van der Waals surface area contributed by atoms with Gasteiger partial charge in [-0.05, 0) is 48.9 Å². The van der Waals surface area contributed by atoms with Gasteiger partial charge >= 0.3 is 0 Å². The molecule has 3 aromatic rings. The summed E-state index contributed by atoms with van der Waals surface area (Å²) in [5.41, 5.74) is 8.86. The van der Waals surface area contributed by atoms with Crippen LogP contribution in [0.3, 0.4) is 0 Å². The van der Waals surface area contributed by atoms with Gasteiger partial charge in [-0.15, -0.1) is 0 Å². The van der Waals surface area contributed by atoms with E-state index in [4.69, 9.17) is 17.3 Å². The van der Waals surface area contributed by atoms with Gasteiger partial charge < -0.3 is 16.4 Å². The van der Waals surface area contributed by atoms with E-state index in [2.05, 4.69) is 20.6 Å². The Morgan fingerprint density at radius 2 is 1.67 bits per heavy atom. The molecule has 7 heteroatoms. The Bertz CT molecular complexity index is 867. The van der Waals surface area contributed by atoms with Gasteiger partial charge in [-0.1, -0.05) is 17.7 Å². The lowest BCUT2D eigenvalue weighted by Gasteiger charge is -2.14. The molecule has 5 nitrogen and oxygen atoms in total. The summed E-state index contributed by atoms with van der Waals surface area (Å²) in [6.07, 6.45) is 1.39. The van der Waals surface area contributed by atoms with Crippen LogP contribution in [0, 0.1) is 12.7 Å². The van der Waals surface area contributed by atoms with E-state index in [0.29, 0.717) is 28.0 Å². The van der Waals surface area contributed by atoms with E-state index >= 15 is 0 Å². The van der Waals surface area contributed by atoms with E-state index in [1.165, 1.54) is 18.5 Å². The first kappa shape index (κ1) is 16.0. The van der Waals surface area contributed by atoms with Crippen LogP contribution in [0.25, 0.3) is 0 Å². The molecule has 4 N–H and O–H groups in total. The van der Waals surface area contributed by atoms with Crippen molar-refractivity contribution in [3.63, 3.8) is 0 Å². The number of hydrogen-bond donors (Lipinski definition) is 3. The molecular weight excluding hydrogens is 329 g/mol. The lowest BCUT2D eigenvalue weighted by molar-refractivity contribution is 0.628. The molecule has 0 aliphatic heterocycles. The van der Waals surface area contributed by atoms with Gasteiger partial charge in [0.05, 0.1) is 0 Å². The van der Waals surface area contributed by atoms with Crippen molar-refractivity contribution in [2.45, 2.75) is 6.92 Å². The lowest BCUT2D eigenvalue weighted by Crippen LogP contribution is -2.05. The molecular formula is C17H15ClFN5. The monoisotopic (exact) mass is 343 g/mol. The van der Waals surface area contributed by atoms with Crippen LogP contribution in [0.5, 0.6) is 0 Å². The van der Waals surface area contributed by atoms with Crippen molar-refractivity contribution >= 4 is 40.3 Å². The van der Waals surface area contributed by atoms with Crippen molar-refractivity contribution in [3.8, 4) is 0 Å². The van der Waals surface area contributed by atoms with E-state index in [1.54, 1.807) is 12.1 Å². The van der Waals surface area contributed by atoms with Gasteiger partial charge in [0, 0.05) is 16.4 Å². The smallest absolute Gasteiger partial charge is 0.159 e. The third-order valence-corrected chi connectivity index (χ3v) is 3.92. The topological polar surface area (TPSA) is 75.9 Å². The molecule has 0 saturated heterocycles. The van der Waals surface area contributed by atoms with Gasteiger partial charge in [0.15, 0.2) is 11.6 Å². The van der Waals surface area contributed by atoms with Crippen LogP contribution in [-0.4, -0.2) is 9.97 Å². The molecule has 3 rings (SSSR count). The summed E-state index contributed by atoms with van der Waals surface area (Å²) < 4.78 is 13.0. The highest BCUT2D eigenvalue weighted by Crippen LogP contribution is 2.31. The molecule has 0 aliphatic rings. The van der Waals surface area contributed by atoms with Gasteiger partial charge in [-0.2, -0.15) is 0 Å². The summed E-state index contributed by atoms with van der Waals surface area (Å²) in [6, 6.07) is 11.5. The molecule has 122 valence electrons. The van der Waals surface area contributed by atoms with Crippen molar-refractivity contribution in [1.29, 1.82) is 0 Å². The number of nitrogens with two attached hydrogens (primary N) is 1. The maximum Gasteiger partial charge on any atom is 0.159 e. The number of aromatic nitrogens is 2. The van der Waals surface area contributed by atoms with Crippen LogP contribution >= 0.6 is 11.6 Å². The minimum Gasteiger partial charge on any atom is -0.393 e. The molecule has 0 unspecified atom stereocenters. The Morgan fingerprint density at radius 1 is 1.00 bits per heavy atom. The fourth-order valence-electron chi connectivity index (χ4n) is 2.14. The highest BCUT2D eigenvalue weighted by molar-refractivity contribution is 6.31. The molecule has 0 atom stereocenters. The van der Waals surface area contributed by atoms with Crippen molar-refractivity contribution in [1.82, 2.24) is 9.97 Å². The number of nitrogen functional groups attached to an aromatic ring is 1. The molecule has 1 aromatic heterocycles. The average Bonchev–Trinajstić information content (AvgIpc) is 2.57. The predicted molar refractivity (Wildman–Crippen MR) is 95.6 cm³/mol. The largest absolute Gasteiger partial charge is 0.393 e. The van der Waals surface area contributed by atoms with E-state index in [-0.39, 0.29) is 5.82 Å². The van der Waals surface area contributed by atoms with Gasteiger partial charge in [0.2, 0.25) is 0 Å². The number of nitrogens with zero attached hydrogens (tertiary/aromatic N) is 2. The zero-order valence-corrected chi connectivity index (χ0v) is 13.6. The Kier molecular flexibility index (Phi) is 4.48. The summed E-state index contributed by atoms with van der Waals surface area (Å²) in [4.78, 5) is 8.30. The fraction of sp³-hybridized carbons (Fsp3) is 0.0588. The molecule has 0 fully saturated rings. The molecule has 0 spiro atoms.